The van der Waals surface area contributed by atoms with Crippen LogP contribution in [-0.2, 0) is 19.6 Å². The highest BCUT2D eigenvalue weighted by Gasteiger charge is 2.35. The maximum absolute atomic E-state index is 11.5. The summed E-state index contributed by atoms with van der Waals surface area (Å²) < 4.78 is 24.0. The summed E-state index contributed by atoms with van der Waals surface area (Å²) in [5.41, 5.74) is 0. The Morgan fingerprint density at radius 1 is 1.41 bits per heavy atom. The minimum atomic E-state index is -3.27. The molecule has 1 aliphatic rings. The third-order valence-electron chi connectivity index (χ3n) is 2.69. The van der Waals surface area contributed by atoms with E-state index in [1.165, 1.54) is 21.1 Å². The summed E-state index contributed by atoms with van der Waals surface area (Å²) in [6.45, 7) is 0.151. The predicted octanol–water partition coefficient (Wildman–Crippen LogP) is -1.78. The van der Waals surface area contributed by atoms with E-state index >= 15 is 0 Å². The Kier molecular flexibility index (Phi) is 4.23. The normalized spacial score (nSPS) is 21.6. The number of carbonyl (C=O) groups is 2. The molecule has 0 aromatic rings. The Bertz CT molecular complexity index is 418. The van der Waals surface area contributed by atoms with Crippen molar-refractivity contribution in [3.8, 4) is 0 Å². The summed E-state index contributed by atoms with van der Waals surface area (Å²) in [4.78, 5) is 23.7. The second kappa shape index (κ2) is 5.11. The molecule has 1 saturated heterocycles. The van der Waals surface area contributed by atoms with Gasteiger partial charge in [0.1, 0.15) is 0 Å². The number of hydrogen-bond acceptors (Lipinski definition) is 5. The second-order valence-electron chi connectivity index (χ2n) is 4.10. The van der Waals surface area contributed by atoms with Crippen molar-refractivity contribution in [2.24, 2.45) is 0 Å². The van der Waals surface area contributed by atoms with Crippen LogP contribution < -0.4 is 5.32 Å². The zero-order chi connectivity index (χ0) is 13.2. The average Bonchev–Trinajstić information content (AvgIpc) is 2.46. The molecule has 0 aromatic carbocycles. The number of hydrogen-bond donors (Lipinski definition) is 1. The van der Waals surface area contributed by atoms with E-state index in [-0.39, 0.29) is 30.5 Å². The third kappa shape index (κ3) is 3.24. The fourth-order valence-electron chi connectivity index (χ4n) is 1.46. The van der Waals surface area contributed by atoms with E-state index in [1.807, 2.05) is 0 Å². The Balaban J connectivity index is 2.44. The van der Waals surface area contributed by atoms with Gasteiger partial charge in [-0.25, -0.2) is 12.7 Å². The number of nitrogens with zero attached hydrogens (tertiary/aromatic N) is 2. The molecule has 0 aromatic heterocycles. The Hall–Kier alpha value is -0.990. The van der Waals surface area contributed by atoms with Gasteiger partial charge in [-0.3, -0.25) is 14.5 Å². The number of nitrogens with one attached hydrogen (secondary N) is 1. The van der Waals surface area contributed by atoms with E-state index in [0.29, 0.717) is 0 Å². The second-order valence-corrected chi connectivity index (χ2v) is 6.40. The van der Waals surface area contributed by atoms with Crippen molar-refractivity contribution in [3.63, 3.8) is 0 Å². The van der Waals surface area contributed by atoms with Crippen molar-refractivity contribution < 1.29 is 18.0 Å². The zero-order valence-corrected chi connectivity index (χ0v) is 11.0. The lowest BCUT2D eigenvalue weighted by Crippen LogP contribution is -2.40. The molecule has 1 rings (SSSR count). The van der Waals surface area contributed by atoms with Gasteiger partial charge in [0.15, 0.2) is 0 Å². The van der Waals surface area contributed by atoms with Gasteiger partial charge in [-0.15, -0.1) is 0 Å². The lowest BCUT2D eigenvalue weighted by atomic mass is 10.2. The van der Waals surface area contributed by atoms with Gasteiger partial charge in [0.25, 0.3) is 0 Å². The van der Waals surface area contributed by atoms with Gasteiger partial charge < -0.3 is 5.32 Å². The van der Waals surface area contributed by atoms with E-state index in [1.54, 1.807) is 0 Å². The van der Waals surface area contributed by atoms with E-state index < -0.39 is 16.1 Å². The van der Waals surface area contributed by atoms with Crippen molar-refractivity contribution >= 4 is 21.8 Å². The molecule has 0 radical (unpaired) electrons. The number of likely N-dealkylation sites (N-methyl/N-ethyl adjacent to an activating group) is 1. The molecule has 2 amide bonds. The monoisotopic (exact) mass is 263 g/mol. The maximum atomic E-state index is 11.5. The molecule has 1 heterocycles. The third-order valence-corrected chi connectivity index (χ3v) is 4.52. The fraction of sp³-hybridized carbons (Fsp3) is 0.778. The number of rotatable bonds is 5. The summed E-state index contributed by atoms with van der Waals surface area (Å²) in [7, 11) is 1.05. The summed E-state index contributed by atoms with van der Waals surface area (Å²) >= 11 is 0. The highest BCUT2D eigenvalue weighted by atomic mass is 32.2. The van der Waals surface area contributed by atoms with Gasteiger partial charge in [-0.1, -0.05) is 0 Å². The van der Waals surface area contributed by atoms with Crippen LogP contribution in [0.15, 0.2) is 0 Å². The Morgan fingerprint density at radius 2 is 2.00 bits per heavy atom. The summed E-state index contributed by atoms with van der Waals surface area (Å²) in [6.07, 6.45) is 0.0946. The predicted molar refractivity (Wildman–Crippen MR) is 61.7 cm³/mol. The molecule has 98 valence electrons. The molecule has 0 saturated carbocycles. The van der Waals surface area contributed by atoms with Gasteiger partial charge in [0, 0.05) is 27.7 Å². The molecule has 0 aliphatic carbocycles. The van der Waals surface area contributed by atoms with Crippen LogP contribution >= 0.6 is 0 Å². The minimum Gasteiger partial charge on any atom is -0.304 e. The van der Waals surface area contributed by atoms with Gasteiger partial charge in [0.05, 0.1) is 18.2 Å². The first-order valence-corrected chi connectivity index (χ1v) is 6.80. The van der Waals surface area contributed by atoms with Crippen LogP contribution in [0.2, 0.25) is 0 Å². The molecule has 17 heavy (non-hydrogen) atoms. The van der Waals surface area contributed by atoms with Crippen LogP contribution in [-0.4, -0.2) is 68.9 Å². The maximum Gasteiger partial charge on any atom is 0.246 e. The quantitative estimate of drug-likeness (QED) is 0.593. The Labute approximate surface area is 101 Å². The standard InChI is InChI=1S/C9H17N3O4S/c1-11(2)17(15,16)5-4-10-7-6-8(13)12(3)9(7)14/h7,10H,4-6H2,1-3H3. The number of imide groups is 1. The van der Waals surface area contributed by atoms with Crippen LogP contribution in [0.5, 0.6) is 0 Å². The number of carbonyl (C=O) groups excluding carboxylic acids is 2. The number of likely N-dealkylation sites (tertiary alicyclic amines) is 1. The van der Waals surface area contributed by atoms with Crippen molar-refractivity contribution in [2.75, 3.05) is 33.4 Å². The number of amides is 2. The van der Waals surface area contributed by atoms with Crippen LogP contribution in [0, 0.1) is 0 Å². The first kappa shape index (κ1) is 14.1. The molecule has 8 heteroatoms. The van der Waals surface area contributed by atoms with E-state index in [4.69, 9.17) is 0 Å². The molecular formula is C9H17N3O4S. The smallest absolute Gasteiger partial charge is 0.246 e. The molecule has 1 atom stereocenters. The molecule has 1 unspecified atom stereocenters. The summed E-state index contributed by atoms with van der Waals surface area (Å²) in [5, 5.41) is 2.79. The van der Waals surface area contributed by atoms with Gasteiger partial charge >= 0.3 is 0 Å². The molecule has 1 fully saturated rings. The topological polar surface area (TPSA) is 86.8 Å². The largest absolute Gasteiger partial charge is 0.304 e. The molecule has 0 spiro atoms. The zero-order valence-electron chi connectivity index (χ0n) is 10.1. The van der Waals surface area contributed by atoms with Gasteiger partial charge in [-0.2, -0.15) is 0 Å². The lowest BCUT2D eigenvalue weighted by molar-refractivity contribution is -0.137. The SMILES string of the molecule is CN1C(=O)CC(NCCS(=O)(=O)N(C)C)C1=O. The van der Waals surface area contributed by atoms with E-state index in [2.05, 4.69) is 5.32 Å². The minimum absolute atomic E-state index is 0.0946. The van der Waals surface area contributed by atoms with E-state index in [0.717, 1.165) is 9.21 Å². The average molecular weight is 263 g/mol. The van der Waals surface area contributed by atoms with Crippen molar-refractivity contribution in [1.82, 2.24) is 14.5 Å². The van der Waals surface area contributed by atoms with Crippen LogP contribution in [0.1, 0.15) is 6.42 Å². The first-order valence-electron chi connectivity index (χ1n) is 5.19. The number of sulfonamides is 1. The molecular weight excluding hydrogens is 246 g/mol. The Morgan fingerprint density at radius 3 is 2.41 bits per heavy atom. The molecule has 1 N–H and O–H groups in total. The van der Waals surface area contributed by atoms with Gasteiger partial charge in [0.2, 0.25) is 21.8 Å². The molecule has 0 bridgehead atoms. The lowest BCUT2D eigenvalue weighted by Gasteiger charge is -2.13. The highest BCUT2D eigenvalue weighted by molar-refractivity contribution is 7.89. The molecule has 1 aliphatic heterocycles. The first-order chi connectivity index (χ1) is 7.75. The van der Waals surface area contributed by atoms with Crippen LogP contribution in [0.3, 0.4) is 0 Å². The summed E-state index contributed by atoms with van der Waals surface area (Å²) in [6, 6.07) is -0.593. The van der Waals surface area contributed by atoms with Crippen molar-refractivity contribution in [2.45, 2.75) is 12.5 Å². The van der Waals surface area contributed by atoms with Crippen molar-refractivity contribution in [1.29, 1.82) is 0 Å². The fourth-order valence-corrected chi connectivity index (χ4v) is 2.20. The van der Waals surface area contributed by atoms with Crippen LogP contribution in [0.25, 0.3) is 0 Å². The van der Waals surface area contributed by atoms with Crippen LogP contribution in [0.4, 0.5) is 0 Å². The highest BCUT2D eigenvalue weighted by Crippen LogP contribution is 2.10. The van der Waals surface area contributed by atoms with Crippen molar-refractivity contribution in [3.05, 3.63) is 0 Å². The van der Waals surface area contributed by atoms with Gasteiger partial charge in [-0.05, 0) is 0 Å². The molecule has 7 nitrogen and oxygen atoms in total. The van der Waals surface area contributed by atoms with E-state index in [9.17, 15) is 18.0 Å². The summed E-state index contributed by atoms with van der Waals surface area (Å²) in [5.74, 6) is -0.651.